The Bertz CT molecular complexity index is 547. The van der Waals surface area contributed by atoms with Crippen LogP contribution in [0.15, 0.2) is 18.2 Å². The highest BCUT2D eigenvalue weighted by atomic mass is 35.5. The van der Waals surface area contributed by atoms with Crippen LogP contribution in [0, 0.1) is 0 Å². The second kappa shape index (κ2) is 7.00. The molecule has 2 rings (SSSR count). The third kappa shape index (κ3) is 4.79. The van der Waals surface area contributed by atoms with E-state index in [-0.39, 0.29) is 30.6 Å². The highest BCUT2D eigenvalue weighted by Crippen LogP contribution is 2.29. The Kier molecular flexibility index (Phi) is 5.31. The Hall–Kier alpha value is -1.46. The first-order chi connectivity index (χ1) is 9.97. The lowest BCUT2D eigenvalue weighted by molar-refractivity contribution is -0.120. The number of carbonyl (C=O) groups is 2. The van der Waals surface area contributed by atoms with E-state index in [2.05, 4.69) is 16.0 Å². The summed E-state index contributed by atoms with van der Waals surface area (Å²) in [5, 5.41) is 8.89. The molecule has 0 unspecified atom stereocenters. The quantitative estimate of drug-likeness (QED) is 0.777. The van der Waals surface area contributed by atoms with Gasteiger partial charge >= 0.3 is 6.03 Å². The van der Waals surface area contributed by atoms with Gasteiger partial charge in [-0.1, -0.05) is 35.3 Å². The lowest BCUT2D eigenvalue weighted by Gasteiger charge is -2.16. The Balaban J connectivity index is 1.81. The van der Waals surface area contributed by atoms with Crippen molar-refractivity contribution >= 4 is 35.1 Å². The molecule has 0 aromatic heterocycles. The van der Waals surface area contributed by atoms with E-state index in [4.69, 9.17) is 23.2 Å². The van der Waals surface area contributed by atoms with E-state index >= 15 is 0 Å². The number of rotatable bonds is 5. The zero-order valence-corrected chi connectivity index (χ0v) is 13.1. The number of hydrogen-bond donors (Lipinski definition) is 3. The van der Waals surface area contributed by atoms with Crippen LogP contribution in [0.5, 0.6) is 0 Å². The van der Waals surface area contributed by atoms with Crippen molar-refractivity contribution in [2.45, 2.75) is 31.8 Å². The minimum absolute atomic E-state index is 0.0823. The molecule has 3 amide bonds. The molecule has 1 aromatic rings. The van der Waals surface area contributed by atoms with Crippen molar-refractivity contribution < 1.29 is 9.59 Å². The molecule has 0 saturated heterocycles. The number of amides is 3. The van der Waals surface area contributed by atoms with Gasteiger partial charge in [0.1, 0.15) is 0 Å². The van der Waals surface area contributed by atoms with E-state index in [1.165, 1.54) is 0 Å². The van der Waals surface area contributed by atoms with Gasteiger partial charge in [-0.2, -0.15) is 0 Å². The first-order valence-electron chi connectivity index (χ1n) is 6.75. The number of halogens is 2. The Morgan fingerprint density at radius 3 is 2.71 bits per heavy atom. The monoisotopic (exact) mass is 329 g/mol. The smallest absolute Gasteiger partial charge is 0.315 e. The van der Waals surface area contributed by atoms with Gasteiger partial charge in [-0.25, -0.2) is 4.79 Å². The fourth-order valence-corrected chi connectivity index (χ4v) is 2.32. The van der Waals surface area contributed by atoms with Crippen LogP contribution in [0.3, 0.4) is 0 Å². The van der Waals surface area contributed by atoms with E-state index in [1.54, 1.807) is 25.1 Å². The molecule has 1 aromatic carbocycles. The summed E-state index contributed by atoms with van der Waals surface area (Å²) in [7, 11) is 0. The highest BCUT2D eigenvalue weighted by Gasteiger charge is 2.23. The van der Waals surface area contributed by atoms with Crippen molar-refractivity contribution in [2.75, 3.05) is 6.54 Å². The molecular formula is C14H17Cl2N3O2. The largest absolute Gasteiger partial charge is 0.348 e. The predicted molar refractivity (Wildman–Crippen MR) is 82.6 cm³/mol. The molecule has 1 atom stereocenters. The van der Waals surface area contributed by atoms with Crippen LogP contribution in [-0.2, 0) is 4.79 Å². The van der Waals surface area contributed by atoms with Crippen molar-refractivity contribution in [3.05, 3.63) is 33.8 Å². The Morgan fingerprint density at radius 1 is 1.33 bits per heavy atom. The first-order valence-corrected chi connectivity index (χ1v) is 7.50. The number of urea groups is 1. The van der Waals surface area contributed by atoms with E-state index in [1.807, 2.05) is 0 Å². The maximum Gasteiger partial charge on any atom is 0.315 e. The molecule has 1 fully saturated rings. The SMILES string of the molecule is C[C@H](NC(=O)CNC(=O)NC1CC1)c1cccc(Cl)c1Cl. The van der Waals surface area contributed by atoms with Gasteiger partial charge in [0.05, 0.1) is 22.6 Å². The first kappa shape index (κ1) is 15.9. The van der Waals surface area contributed by atoms with Crippen molar-refractivity contribution in [3.63, 3.8) is 0 Å². The summed E-state index contributed by atoms with van der Waals surface area (Å²) < 4.78 is 0. The standard InChI is InChI=1S/C14H17Cl2N3O2/c1-8(10-3-2-4-11(15)13(10)16)18-12(20)7-17-14(21)19-9-5-6-9/h2-4,8-9H,5-7H2,1H3,(H,18,20)(H2,17,19,21)/t8-/m0/s1. The molecule has 0 heterocycles. The van der Waals surface area contributed by atoms with Gasteiger partial charge in [-0.05, 0) is 31.4 Å². The summed E-state index contributed by atoms with van der Waals surface area (Å²) in [4.78, 5) is 23.2. The molecule has 7 heteroatoms. The van der Waals surface area contributed by atoms with Gasteiger partial charge in [-0.3, -0.25) is 4.79 Å². The normalized spacial score (nSPS) is 15.2. The molecule has 21 heavy (non-hydrogen) atoms. The lowest BCUT2D eigenvalue weighted by atomic mass is 10.1. The van der Waals surface area contributed by atoms with Gasteiger partial charge in [0.25, 0.3) is 0 Å². The summed E-state index contributed by atoms with van der Waals surface area (Å²) in [6.07, 6.45) is 2.01. The van der Waals surface area contributed by atoms with E-state index in [0.29, 0.717) is 10.0 Å². The average Bonchev–Trinajstić information content (AvgIpc) is 3.23. The average molecular weight is 330 g/mol. The maximum atomic E-state index is 11.8. The lowest BCUT2D eigenvalue weighted by Crippen LogP contribution is -2.43. The zero-order chi connectivity index (χ0) is 15.4. The second-order valence-electron chi connectivity index (χ2n) is 5.03. The molecule has 0 aliphatic heterocycles. The van der Waals surface area contributed by atoms with Crippen LogP contribution < -0.4 is 16.0 Å². The summed E-state index contributed by atoms with van der Waals surface area (Å²) in [5.74, 6) is -0.288. The molecule has 0 spiro atoms. The fraction of sp³-hybridized carbons (Fsp3) is 0.429. The molecule has 0 bridgehead atoms. The molecule has 1 aliphatic carbocycles. The molecule has 5 nitrogen and oxygen atoms in total. The van der Waals surface area contributed by atoms with Crippen LogP contribution in [0.25, 0.3) is 0 Å². The third-order valence-corrected chi connectivity index (χ3v) is 3.98. The number of hydrogen-bond acceptors (Lipinski definition) is 2. The van der Waals surface area contributed by atoms with Crippen molar-refractivity contribution in [1.29, 1.82) is 0 Å². The van der Waals surface area contributed by atoms with Gasteiger partial charge in [0.15, 0.2) is 0 Å². The molecule has 3 N–H and O–H groups in total. The maximum absolute atomic E-state index is 11.8. The molecule has 1 aliphatic rings. The minimum atomic E-state index is -0.318. The van der Waals surface area contributed by atoms with Gasteiger partial charge in [-0.15, -0.1) is 0 Å². The summed E-state index contributed by atoms with van der Waals surface area (Å²) in [5.41, 5.74) is 0.736. The van der Waals surface area contributed by atoms with Crippen LogP contribution in [0.4, 0.5) is 4.79 Å². The van der Waals surface area contributed by atoms with Gasteiger partial charge < -0.3 is 16.0 Å². The van der Waals surface area contributed by atoms with Gasteiger partial charge in [0.2, 0.25) is 5.91 Å². The zero-order valence-electron chi connectivity index (χ0n) is 11.6. The molecule has 114 valence electrons. The van der Waals surface area contributed by atoms with Crippen molar-refractivity contribution in [3.8, 4) is 0 Å². The van der Waals surface area contributed by atoms with Crippen molar-refractivity contribution in [2.24, 2.45) is 0 Å². The highest BCUT2D eigenvalue weighted by molar-refractivity contribution is 6.42. The van der Waals surface area contributed by atoms with Crippen LogP contribution in [0.2, 0.25) is 10.0 Å². The third-order valence-electron chi connectivity index (χ3n) is 3.15. The minimum Gasteiger partial charge on any atom is -0.348 e. The van der Waals surface area contributed by atoms with E-state index < -0.39 is 0 Å². The summed E-state index contributed by atoms with van der Waals surface area (Å²) >= 11 is 12.0. The van der Waals surface area contributed by atoms with Crippen LogP contribution in [-0.4, -0.2) is 24.5 Å². The summed E-state index contributed by atoms with van der Waals surface area (Å²) in [6.45, 7) is 1.72. The Labute approximate surface area is 133 Å². The predicted octanol–water partition coefficient (Wildman–Crippen LogP) is 2.63. The number of nitrogens with one attached hydrogen (secondary N) is 3. The molecule has 0 radical (unpaired) electrons. The molecular weight excluding hydrogens is 313 g/mol. The van der Waals surface area contributed by atoms with E-state index in [0.717, 1.165) is 18.4 Å². The summed E-state index contributed by atoms with van der Waals surface area (Å²) in [6, 6.07) is 4.90. The number of benzene rings is 1. The Morgan fingerprint density at radius 2 is 2.05 bits per heavy atom. The van der Waals surface area contributed by atoms with Crippen LogP contribution in [0.1, 0.15) is 31.4 Å². The van der Waals surface area contributed by atoms with Crippen LogP contribution >= 0.6 is 23.2 Å². The fourth-order valence-electron chi connectivity index (χ4n) is 1.85. The van der Waals surface area contributed by atoms with Crippen molar-refractivity contribution in [1.82, 2.24) is 16.0 Å². The van der Waals surface area contributed by atoms with Gasteiger partial charge in [0, 0.05) is 6.04 Å². The number of carbonyl (C=O) groups excluding carboxylic acids is 2. The topological polar surface area (TPSA) is 70.2 Å². The van der Waals surface area contributed by atoms with E-state index in [9.17, 15) is 9.59 Å². The molecule has 1 saturated carbocycles. The second-order valence-corrected chi connectivity index (χ2v) is 5.82.